The van der Waals surface area contributed by atoms with Crippen LogP contribution in [0.3, 0.4) is 0 Å². The molecule has 1 aliphatic heterocycles. The first kappa shape index (κ1) is 15.5. The highest BCUT2D eigenvalue weighted by Crippen LogP contribution is 2.31. The van der Waals surface area contributed by atoms with Crippen LogP contribution in [-0.4, -0.2) is 33.5 Å². The largest absolute Gasteiger partial charge is 0.478 e. The third-order valence-electron chi connectivity index (χ3n) is 3.56. The van der Waals surface area contributed by atoms with Gasteiger partial charge in [0.15, 0.2) is 0 Å². The maximum atomic E-state index is 12.1. The summed E-state index contributed by atoms with van der Waals surface area (Å²) in [5.41, 5.74) is 0.527. The molecule has 0 radical (unpaired) electrons. The van der Waals surface area contributed by atoms with Crippen LogP contribution in [0.25, 0.3) is 0 Å². The number of carbonyl (C=O) groups excluding carboxylic acids is 1. The third-order valence-corrected chi connectivity index (χ3v) is 3.56. The number of non-ortho nitro benzene ring substituents is 1. The Balaban J connectivity index is 2.56. The molecule has 8 heteroatoms. The first-order valence-corrected chi connectivity index (χ1v) is 6.63. The molecule has 1 heterocycles. The van der Waals surface area contributed by atoms with Crippen molar-refractivity contribution in [1.29, 1.82) is 0 Å². The van der Waals surface area contributed by atoms with E-state index in [1.54, 1.807) is 19.9 Å². The van der Waals surface area contributed by atoms with E-state index in [4.69, 9.17) is 0 Å². The molecule has 8 nitrogen and oxygen atoms in total. The summed E-state index contributed by atoms with van der Waals surface area (Å²) < 4.78 is 0. The summed E-state index contributed by atoms with van der Waals surface area (Å²) in [6.07, 6.45) is 0. The molecule has 1 aromatic rings. The van der Waals surface area contributed by atoms with Gasteiger partial charge in [-0.2, -0.15) is 0 Å². The Bertz CT molecular complexity index is 683. The highest BCUT2D eigenvalue weighted by Gasteiger charge is 2.35. The Kier molecular flexibility index (Phi) is 4.11. The predicted octanol–water partition coefficient (Wildman–Crippen LogP) is 2.04. The minimum Gasteiger partial charge on any atom is -0.478 e. The fourth-order valence-corrected chi connectivity index (χ4v) is 2.51. The zero-order valence-electron chi connectivity index (χ0n) is 12.1. The number of allylic oxidation sites excluding steroid dienone is 1. The maximum Gasteiger partial charge on any atom is 0.335 e. The van der Waals surface area contributed by atoms with E-state index in [1.807, 2.05) is 0 Å². The number of nitrogens with one attached hydrogen (secondary N) is 1. The van der Waals surface area contributed by atoms with Gasteiger partial charge in [0.25, 0.3) is 5.69 Å². The fourth-order valence-electron chi connectivity index (χ4n) is 2.51. The minimum atomic E-state index is -1.17. The lowest BCUT2D eigenvalue weighted by Gasteiger charge is -2.34. The van der Waals surface area contributed by atoms with Gasteiger partial charge in [-0.1, -0.05) is 12.1 Å². The van der Waals surface area contributed by atoms with Crippen LogP contribution in [0.5, 0.6) is 0 Å². The van der Waals surface area contributed by atoms with E-state index in [0.717, 1.165) is 0 Å². The van der Waals surface area contributed by atoms with Crippen molar-refractivity contribution >= 4 is 17.7 Å². The number of carboxylic acid groups (broad SMARTS) is 1. The first-order valence-electron chi connectivity index (χ1n) is 6.63. The summed E-state index contributed by atoms with van der Waals surface area (Å²) in [6.45, 7) is 3.61. The summed E-state index contributed by atoms with van der Waals surface area (Å²) in [5.74, 6) is -1.17. The van der Waals surface area contributed by atoms with Crippen molar-refractivity contribution in [3.05, 3.63) is 51.2 Å². The Morgan fingerprint density at radius 3 is 2.73 bits per heavy atom. The molecule has 2 N–H and O–H groups in total. The van der Waals surface area contributed by atoms with Crippen molar-refractivity contribution < 1.29 is 19.6 Å². The summed E-state index contributed by atoms with van der Waals surface area (Å²) >= 11 is 0. The summed E-state index contributed by atoms with van der Waals surface area (Å²) in [4.78, 5) is 35.2. The van der Waals surface area contributed by atoms with Gasteiger partial charge in [-0.15, -0.1) is 0 Å². The number of carboxylic acids is 1. The van der Waals surface area contributed by atoms with E-state index in [-0.39, 0.29) is 11.3 Å². The number of nitro benzene ring substituents is 1. The quantitative estimate of drug-likeness (QED) is 0.653. The number of benzene rings is 1. The molecule has 2 rings (SSSR count). The zero-order valence-corrected chi connectivity index (χ0v) is 12.1. The van der Waals surface area contributed by atoms with E-state index < -0.39 is 23.0 Å². The lowest BCUT2D eigenvalue weighted by atomic mass is 9.94. The molecule has 116 valence electrons. The van der Waals surface area contributed by atoms with Crippen LogP contribution in [0.1, 0.15) is 25.5 Å². The average molecular weight is 305 g/mol. The smallest absolute Gasteiger partial charge is 0.335 e. The van der Waals surface area contributed by atoms with Crippen molar-refractivity contribution in [2.75, 3.05) is 6.54 Å². The second-order valence-corrected chi connectivity index (χ2v) is 4.78. The van der Waals surface area contributed by atoms with E-state index in [9.17, 15) is 24.8 Å². The number of carbonyl (C=O) groups is 2. The number of rotatable bonds is 4. The molecule has 1 aliphatic rings. The lowest BCUT2D eigenvalue weighted by Crippen LogP contribution is -2.47. The van der Waals surface area contributed by atoms with Crippen molar-refractivity contribution in [2.24, 2.45) is 0 Å². The molecule has 22 heavy (non-hydrogen) atoms. The van der Waals surface area contributed by atoms with Crippen molar-refractivity contribution in [2.45, 2.75) is 19.9 Å². The molecule has 0 aromatic heterocycles. The topological polar surface area (TPSA) is 113 Å². The first-order chi connectivity index (χ1) is 10.4. The molecule has 0 unspecified atom stereocenters. The highest BCUT2D eigenvalue weighted by molar-refractivity contribution is 5.93. The number of hydrogen-bond donors (Lipinski definition) is 2. The number of hydrogen-bond acceptors (Lipinski definition) is 4. The van der Waals surface area contributed by atoms with E-state index in [2.05, 4.69) is 5.32 Å². The van der Waals surface area contributed by atoms with Gasteiger partial charge >= 0.3 is 12.0 Å². The lowest BCUT2D eigenvalue weighted by molar-refractivity contribution is -0.384. The Labute approximate surface area is 126 Å². The van der Waals surface area contributed by atoms with E-state index >= 15 is 0 Å². The molecular weight excluding hydrogens is 290 g/mol. The molecule has 0 fully saturated rings. The number of urea groups is 1. The average Bonchev–Trinajstić information content (AvgIpc) is 2.46. The molecule has 0 bridgehead atoms. The van der Waals surface area contributed by atoms with Gasteiger partial charge < -0.3 is 10.4 Å². The molecule has 0 aliphatic carbocycles. The summed E-state index contributed by atoms with van der Waals surface area (Å²) in [5, 5.41) is 22.9. The number of aliphatic carboxylic acids is 1. The Hall–Kier alpha value is -2.90. The normalized spacial score (nSPS) is 18.2. The highest BCUT2D eigenvalue weighted by atomic mass is 16.6. The van der Waals surface area contributed by atoms with Gasteiger partial charge in [0.1, 0.15) is 0 Å². The fraction of sp³-hybridized carbons (Fsp3) is 0.286. The van der Waals surface area contributed by atoms with Crippen molar-refractivity contribution in [3.63, 3.8) is 0 Å². The summed E-state index contributed by atoms with van der Waals surface area (Å²) in [7, 11) is 0. The summed E-state index contributed by atoms with van der Waals surface area (Å²) in [6, 6.07) is 4.23. The van der Waals surface area contributed by atoms with Crippen LogP contribution in [-0.2, 0) is 4.79 Å². The van der Waals surface area contributed by atoms with Crippen molar-refractivity contribution in [3.8, 4) is 0 Å². The van der Waals surface area contributed by atoms with Crippen LogP contribution in [0.15, 0.2) is 35.5 Å². The number of nitro groups is 1. The van der Waals surface area contributed by atoms with Gasteiger partial charge in [-0.25, -0.2) is 9.59 Å². The number of nitrogens with zero attached hydrogens (tertiary/aromatic N) is 2. The monoisotopic (exact) mass is 305 g/mol. The standard InChI is InChI=1S/C14H15N3O5/c1-3-16-8(2)11(13(18)19)12(15-14(16)20)9-5-4-6-10(7-9)17(21)22/h4-7,12H,3H2,1-2H3,(H,15,20)(H,18,19)/t12-/m1/s1. The molecule has 2 amide bonds. The number of amides is 2. The molecule has 1 aromatic carbocycles. The van der Waals surface area contributed by atoms with Gasteiger partial charge in [0.05, 0.1) is 16.5 Å². The van der Waals surface area contributed by atoms with Crippen LogP contribution < -0.4 is 5.32 Å². The van der Waals surface area contributed by atoms with Gasteiger partial charge in [-0.3, -0.25) is 15.0 Å². The van der Waals surface area contributed by atoms with E-state index in [1.165, 1.54) is 23.1 Å². The van der Waals surface area contributed by atoms with E-state index in [0.29, 0.717) is 17.8 Å². The maximum absolute atomic E-state index is 12.1. The molecule has 0 spiro atoms. The van der Waals surface area contributed by atoms with Crippen LogP contribution >= 0.6 is 0 Å². The van der Waals surface area contributed by atoms with Crippen LogP contribution in [0, 0.1) is 10.1 Å². The third kappa shape index (κ3) is 2.62. The van der Waals surface area contributed by atoms with Crippen LogP contribution in [0.4, 0.5) is 10.5 Å². The molecule has 0 saturated carbocycles. The van der Waals surface area contributed by atoms with Crippen LogP contribution in [0.2, 0.25) is 0 Å². The minimum absolute atomic E-state index is 0.00180. The second kappa shape index (κ2) is 5.84. The SMILES string of the molecule is CCN1C(=O)N[C@H](c2cccc([N+](=O)[O-])c2)C(C(=O)O)=C1C. The molecular formula is C14H15N3O5. The molecule has 1 atom stereocenters. The van der Waals surface area contributed by atoms with Crippen molar-refractivity contribution in [1.82, 2.24) is 10.2 Å². The Morgan fingerprint density at radius 1 is 1.50 bits per heavy atom. The Morgan fingerprint density at radius 2 is 2.18 bits per heavy atom. The molecule has 0 saturated heterocycles. The zero-order chi connectivity index (χ0) is 16.4. The van der Waals surface area contributed by atoms with Gasteiger partial charge in [0.2, 0.25) is 0 Å². The predicted molar refractivity (Wildman–Crippen MR) is 77.1 cm³/mol. The van der Waals surface area contributed by atoms with Gasteiger partial charge in [0, 0.05) is 24.4 Å². The second-order valence-electron chi connectivity index (χ2n) is 4.78. The van der Waals surface area contributed by atoms with Gasteiger partial charge in [-0.05, 0) is 19.4 Å².